The molecular formula is C33H44O15. The first-order valence-electron chi connectivity index (χ1n) is 14.0. The summed E-state index contributed by atoms with van der Waals surface area (Å²) in [4.78, 5) is 31.7. The molecule has 0 unspecified atom stereocenters. The molecule has 3 aromatic rings. The highest BCUT2D eigenvalue weighted by atomic mass is 16.5. The topological polar surface area (TPSA) is 228 Å². The van der Waals surface area contributed by atoms with Gasteiger partial charge in [-0.05, 0) is 61.0 Å². The number of methoxy groups -OCH3 is 6. The van der Waals surface area contributed by atoms with Gasteiger partial charge in [-0.2, -0.15) is 0 Å². The second-order valence-corrected chi connectivity index (χ2v) is 9.45. The molecule has 15 nitrogen and oxygen atoms in total. The lowest BCUT2D eigenvalue weighted by molar-refractivity contribution is 0.00303. The summed E-state index contributed by atoms with van der Waals surface area (Å²) in [5.41, 5.74) is -0.132. The van der Waals surface area contributed by atoms with Gasteiger partial charge in [0.1, 0.15) is 0 Å². The third kappa shape index (κ3) is 13.2. The maximum atomic E-state index is 10.6. The number of hydrogen-bond acceptors (Lipinski definition) is 12. The Bertz CT molecular complexity index is 1260. The SMILES string of the molecule is CCC(CO)(CO)CO.COc1ccc(C(=O)O)cc1OC.COc1ccc(C(=O)O)cc1OC.COc1ccc(C(=O)O)cc1OC. The fraction of sp³-hybridized carbons (Fsp3) is 0.364. The Morgan fingerprint density at radius 1 is 0.479 bits per heavy atom. The first kappa shape index (κ1) is 42.8. The van der Waals surface area contributed by atoms with Gasteiger partial charge in [-0.1, -0.05) is 6.92 Å². The summed E-state index contributed by atoms with van der Waals surface area (Å²) in [6.45, 7) is 1.35. The Balaban J connectivity index is 0.000000620. The summed E-state index contributed by atoms with van der Waals surface area (Å²) >= 11 is 0. The first-order valence-corrected chi connectivity index (χ1v) is 14.0. The van der Waals surface area contributed by atoms with Gasteiger partial charge in [-0.3, -0.25) is 0 Å². The number of aromatic carboxylic acids is 3. The van der Waals surface area contributed by atoms with Crippen molar-refractivity contribution >= 4 is 17.9 Å². The van der Waals surface area contributed by atoms with Crippen molar-refractivity contribution in [2.45, 2.75) is 13.3 Å². The van der Waals surface area contributed by atoms with E-state index in [1.807, 2.05) is 6.92 Å². The Morgan fingerprint density at radius 3 is 0.833 bits per heavy atom. The van der Waals surface area contributed by atoms with Gasteiger partial charge in [-0.25, -0.2) is 14.4 Å². The van der Waals surface area contributed by atoms with Crippen LogP contribution >= 0.6 is 0 Å². The van der Waals surface area contributed by atoms with Crippen molar-refractivity contribution < 1.29 is 73.4 Å². The number of carboxylic acids is 3. The summed E-state index contributed by atoms with van der Waals surface area (Å²) < 4.78 is 29.7. The molecule has 0 aliphatic heterocycles. The minimum atomic E-state index is -0.985. The molecule has 15 heteroatoms. The van der Waals surface area contributed by atoms with Crippen LogP contribution in [0.2, 0.25) is 0 Å². The van der Waals surface area contributed by atoms with E-state index in [9.17, 15) is 14.4 Å². The standard InChI is InChI=1S/3C9H10O4.C6H14O3/c3*1-12-7-4-3-6(9(10)11)5-8(7)13-2;1-2-6(3-7,4-8)5-9/h3*3-5H,1-2H3,(H,10,11);7-9H,2-5H2,1H3. The molecule has 0 heterocycles. The lowest BCUT2D eigenvalue weighted by Gasteiger charge is -2.24. The molecule has 0 aliphatic carbocycles. The highest BCUT2D eigenvalue weighted by molar-refractivity contribution is 5.89. The van der Waals surface area contributed by atoms with E-state index in [1.165, 1.54) is 79.1 Å². The van der Waals surface area contributed by atoms with E-state index in [0.29, 0.717) is 40.9 Å². The van der Waals surface area contributed by atoms with E-state index < -0.39 is 23.3 Å². The summed E-state index contributed by atoms with van der Waals surface area (Å²) in [5.74, 6) is -0.137. The third-order valence-corrected chi connectivity index (χ3v) is 6.65. The van der Waals surface area contributed by atoms with Crippen LogP contribution in [0.25, 0.3) is 0 Å². The average molecular weight is 681 g/mol. The Morgan fingerprint density at radius 2 is 0.708 bits per heavy atom. The molecule has 0 radical (unpaired) electrons. The van der Waals surface area contributed by atoms with Crippen LogP contribution in [0.5, 0.6) is 34.5 Å². The largest absolute Gasteiger partial charge is 0.493 e. The molecule has 0 amide bonds. The van der Waals surface area contributed by atoms with Crippen LogP contribution in [0.1, 0.15) is 44.4 Å². The third-order valence-electron chi connectivity index (χ3n) is 6.65. The average Bonchev–Trinajstić information content (AvgIpc) is 3.12. The number of carboxylic acid groups (broad SMARTS) is 3. The predicted octanol–water partition coefficient (Wildman–Crippen LogP) is 3.57. The molecule has 0 aromatic heterocycles. The van der Waals surface area contributed by atoms with Crippen LogP contribution in [0.3, 0.4) is 0 Å². The summed E-state index contributed by atoms with van der Waals surface area (Å²) in [6, 6.07) is 13.3. The predicted molar refractivity (Wildman–Crippen MR) is 173 cm³/mol. The smallest absolute Gasteiger partial charge is 0.335 e. The molecule has 0 aliphatic rings. The van der Waals surface area contributed by atoms with E-state index in [1.54, 1.807) is 18.2 Å². The number of ether oxygens (including phenoxy) is 6. The van der Waals surface area contributed by atoms with Crippen molar-refractivity contribution in [3.8, 4) is 34.5 Å². The Kier molecular flexibility index (Phi) is 19.9. The molecule has 0 spiro atoms. The van der Waals surface area contributed by atoms with Crippen LogP contribution in [0, 0.1) is 5.41 Å². The van der Waals surface area contributed by atoms with Gasteiger partial charge in [0.05, 0.1) is 79.2 Å². The highest BCUT2D eigenvalue weighted by Gasteiger charge is 2.25. The molecule has 0 saturated heterocycles. The lowest BCUT2D eigenvalue weighted by Crippen LogP contribution is -2.32. The van der Waals surface area contributed by atoms with Crippen LogP contribution in [-0.2, 0) is 0 Å². The van der Waals surface area contributed by atoms with E-state index in [2.05, 4.69) is 0 Å². The molecule has 6 N–H and O–H groups in total. The van der Waals surface area contributed by atoms with Crippen LogP contribution in [0.15, 0.2) is 54.6 Å². The normalized spacial score (nSPS) is 9.88. The number of benzene rings is 3. The van der Waals surface area contributed by atoms with Gasteiger partial charge in [0, 0.05) is 5.41 Å². The van der Waals surface area contributed by atoms with Gasteiger partial charge in [-0.15, -0.1) is 0 Å². The monoisotopic (exact) mass is 680 g/mol. The quantitative estimate of drug-likeness (QED) is 0.152. The molecule has 0 fully saturated rings. The van der Waals surface area contributed by atoms with Crippen molar-refractivity contribution in [3.05, 3.63) is 71.3 Å². The second-order valence-electron chi connectivity index (χ2n) is 9.45. The summed E-state index contributed by atoms with van der Waals surface area (Å²) in [6.07, 6.45) is 0.594. The minimum Gasteiger partial charge on any atom is -0.493 e. The Labute approximate surface area is 278 Å². The van der Waals surface area contributed by atoms with Crippen LogP contribution in [-0.4, -0.2) is 111 Å². The highest BCUT2D eigenvalue weighted by Crippen LogP contribution is 2.29. The maximum absolute atomic E-state index is 10.6. The molecule has 266 valence electrons. The molecule has 3 rings (SSSR count). The van der Waals surface area contributed by atoms with Crippen molar-refractivity contribution in [2.24, 2.45) is 5.41 Å². The van der Waals surface area contributed by atoms with Crippen molar-refractivity contribution in [1.82, 2.24) is 0 Å². The number of aliphatic hydroxyl groups is 3. The molecule has 0 atom stereocenters. The van der Waals surface area contributed by atoms with Gasteiger partial charge >= 0.3 is 17.9 Å². The molecule has 0 bridgehead atoms. The van der Waals surface area contributed by atoms with Crippen LogP contribution < -0.4 is 28.4 Å². The number of aliphatic hydroxyl groups excluding tert-OH is 3. The van der Waals surface area contributed by atoms with Crippen molar-refractivity contribution in [1.29, 1.82) is 0 Å². The summed E-state index contributed by atoms with van der Waals surface area (Å²) in [7, 11) is 8.88. The van der Waals surface area contributed by atoms with E-state index in [4.69, 9.17) is 59.1 Å². The molecule has 48 heavy (non-hydrogen) atoms. The van der Waals surface area contributed by atoms with Gasteiger partial charge in [0.15, 0.2) is 34.5 Å². The minimum absolute atomic E-state index is 0.156. The van der Waals surface area contributed by atoms with Crippen molar-refractivity contribution in [2.75, 3.05) is 62.5 Å². The van der Waals surface area contributed by atoms with Gasteiger partial charge in [0.25, 0.3) is 0 Å². The van der Waals surface area contributed by atoms with Crippen molar-refractivity contribution in [3.63, 3.8) is 0 Å². The number of rotatable bonds is 13. The molecular weight excluding hydrogens is 636 g/mol. The zero-order chi connectivity index (χ0) is 36.9. The van der Waals surface area contributed by atoms with Gasteiger partial charge in [0.2, 0.25) is 0 Å². The van der Waals surface area contributed by atoms with E-state index in [0.717, 1.165) is 0 Å². The first-order chi connectivity index (χ1) is 22.8. The number of hydrogen-bond donors (Lipinski definition) is 6. The second kappa shape index (κ2) is 22.3. The maximum Gasteiger partial charge on any atom is 0.335 e. The molecule has 0 saturated carbocycles. The zero-order valence-electron chi connectivity index (χ0n) is 27.9. The lowest BCUT2D eigenvalue weighted by atomic mass is 9.88. The van der Waals surface area contributed by atoms with Crippen LogP contribution in [0.4, 0.5) is 0 Å². The summed E-state index contributed by atoms with van der Waals surface area (Å²) in [5, 5.41) is 52.0. The molecule has 3 aromatic carbocycles. The van der Waals surface area contributed by atoms with E-state index in [-0.39, 0.29) is 36.5 Å². The fourth-order valence-electron chi connectivity index (χ4n) is 3.39. The van der Waals surface area contributed by atoms with Gasteiger partial charge < -0.3 is 59.1 Å². The fourth-order valence-corrected chi connectivity index (χ4v) is 3.39. The number of carbonyl (C=O) groups is 3. The zero-order valence-corrected chi connectivity index (χ0v) is 27.9. The Hall–Kier alpha value is -5.25. The van der Waals surface area contributed by atoms with E-state index >= 15 is 0 Å².